The summed E-state index contributed by atoms with van der Waals surface area (Å²) in [5, 5.41) is 4.81. The van der Waals surface area contributed by atoms with E-state index >= 15 is 8.78 Å². The fourth-order valence-electron chi connectivity index (χ4n) is 7.84. The van der Waals surface area contributed by atoms with E-state index in [4.69, 9.17) is 14.2 Å². The van der Waals surface area contributed by atoms with Gasteiger partial charge in [0.25, 0.3) is 0 Å². The van der Waals surface area contributed by atoms with Crippen molar-refractivity contribution < 1.29 is 27.4 Å². The Labute approximate surface area is 274 Å². The monoisotopic (exact) mass is 645 g/mol. The van der Waals surface area contributed by atoms with Crippen molar-refractivity contribution in [1.29, 1.82) is 0 Å². The number of nitrogens with zero attached hydrogens (tertiary/aromatic N) is 3. The molecule has 0 amide bonds. The van der Waals surface area contributed by atoms with Crippen molar-refractivity contribution in [2.45, 2.75) is 70.8 Å². The number of hydrogen-bond donors (Lipinski definition) is 0. The topological polar surface area (TPSA) is 48.8 Å². The van der Waals surface area contributed by atoms with Gasteiger partial charge in [0.1, 0.15) is 11.6 Å². The Morgan fingerprint density at radius 1 is 0.851 bits per heavy atom. The molecule has 2 fully saturated rings. The van der Waals surface area contributed by atoms with Gasteiger partial charge in [-0.25, -0.2) is 13.5 Å². The molecule has 0 bridgehead atoms. The summed E-state index contributed by atoms with van der Waals surface area (Å²) in [6, 6.07) is 14.8. The van der Waals surface area contributed by atoms with Crippen LogP contribution in [0, 0.1) is 30.4 Å². The Hall–Kier alpha value is -3.66. The number of ether oxygens (including phenoxy) is 3. The van der Waals surface area contributed by atoms with Gasteiger partial charge in [-0.3, -0.25) is 0 Å². The summed E-state index contributed by atoms with van der Waals surface area (Å²) in [4.78, 5) is 2.36. The predicted molar refractivity (Wildman–Crippen MR) is 178 cm³/mol. The van der Waals surface area contributed by atoms with Gasteiger partial charge in [-0.2, -0.15) is 4.39 Å². The number of methoxy groups -OCH3 is 2. The van der Waals surface area contributed by atoms with Gasteiger partial charge in [-0.05, 0) is 122 Å². The normalized spacial score (nSPS) is 19.5. The Morgan fingerprint density at radius 3 is 2.32 bits per heavy atom. The minimum Gasteiger partial charge on any atom is -0.372 e. The van der Waals surface area contributed by atoms with Gasteiger partial charge in [-0.15, -0.1) is 5.10 Å². The van der Waals surface area contributed by atoms with Crippen molar-refractivity contribution in [3.8, 4) is 0 Å². The lowest BCUT2D eigenvalue weighted by Gasteiger charge is -2.36. The van der Waals surface area contributed by atoms with E-state index in [9.17, 15) is 4.39 Å². The lowest BCUT2D eigenvalue weighted by Crippen LogP contribution is -2.39. The van der Waals surface area contributed by atoms with Gasteiger partial charge in [0.05, 0.1) is 10.9 Å². The molecule has 248 valence electrons. The molecule has 47 heavy (non-hydrogen) atoms. The lowest BCUT2D eigenvalue weighted by atomic mass is 9.86. The fourth-order valence-corrected chi connectivity index (χ4v) is 7.84. The van der Waals surface area contributed by atoms with Crippen LogP contribution >= 0.6 is 0 Å². The Kier molecular flexibility index (Phi) is 9.13. The number of anilines is 1. The molecule has 6 nitrogen and oxygen atoms in total. The van der Waals surface area contributed by atoms with E-state index in [1.165, 1.54) is 12.1 Å². The van der Waals surface area contributed by atoms with Crippen LogP contribution in [0.4, 0.5) is 18.9 Å². The number of piperidine rings is 1. The molecule has 0 spiro atoms. The van der Waals surface area contributed by atoms with Crippen LogP contribution in [0.5, 0.6) is 0 Å². The molecule has 2 saturated heterocycles. The van der Waals surface area contributed by atoms with Crippen LogP contribution in [0.2, 0.25) is 0 Å². The van der Waals surface area contributed by atoms with Gasteiger partial charge >= 0.3 is 0 Å². The van der Waals surface area contributed by atoms with Gasteiger partial charge in [0.15, 0.2) is 12.5 Å². The highest BCUT2D eigenvalue weighted by Gasteiger charge is 2.30. The lowest BCUT2D eigenvalue weighted by molar-refractivity contribution is -0.141. The zero-order valence-corrected chi connectivity index (χ0v) is 27.3. The Bertz CT molecular complexity index is 1780. The molecule has 3 aliphatic rings. The number of allylic oxidation sites excluding steroid dienone is 1. The minimum atomic E-state index is -0.524. The van der Waals surface area contributed by atoms with Crippen molar-refractivity contribution in [3.05, 3.63) is 93.9 Å². The molecule has 1 unspecified atom stereocenters. The zero-order valence-electron chi connectivity index (χ0n) is 27.3. The first-order valence-electron chi connectivity index (χ1n) is 16.8. The van der Waals surface area contributed by atoms with E-state index in [1.54, 1.807) is 25.8 Å². The third-order valence-corrected chi connectivity index (χ3v) is 10.3. The standard InChI is InChI=1S/C38H42F3N3O3/c1-23-21-32(40)30(22-31(23)39)28-8-6-7-27-29(14-15-33-36(27)37(41)42-44(33)34-9-4-5-20-47-34)35(28)24-10-12-26(13-11-24)43-18-16-25(17-19-43)38(45-2)46-3/h10-15,21-22,25,34,38H,4-9,16-20H2,1-3H3. The molecule has 4 aromatic rings. The molecule has 0 N–H and O–H groups in total. The second kappa shape index (κ2) is 13.5. The molecular formula is C38H42F3N3O3. The first-order valence-corrected chi connectivity index (χ1v) is 16.8. The number of hydrogen-bond acceptors (Lipinski definition) is 5. The molecule has 9 heteroatoms. The average molecular weight is 646 g/mol. The molecular weight excluding hydrogens is 603 g/mol. The van der Waals surface area contributed by atoms with Crippen molar-refractivity contribution in [2.75, 3.05) is 38.8 Å². The highest BCUT2D eigenvalue weighted by atomic mass is 19.1. The largest absolute Gasteiger partial charge is 0.372 e. The molecule has 1 atom stereocenters. The van der Waals surface area contributed by atoms with Gasteiger partial charge in [0, 0.05) is 51.1 Å². The van der Waals surface area contributed by atoms with Crippen molar-refractivity contribution in [3.63, 3.8) is 0 Å². The number of benzene rings is 3. The molecule has 1 aliphatic carbocycles. The predicted octanol–water partition coefficient (Wildman–Crippen LogP) is 8.59. The molecule has 7 rings (SSSR count). The molecule has 3 heterocycles. The summed E-state index contributed by atoms with van der Waals surface area (Å²) < 4.78 is 65.2. The number of fused-ring (bicyclic) bond motifs is 3. The summed E-state index contributed by atoms with van der Waals surface area (Å²) in [6.07, 6.45) is 5.93. The van der Waals surface area contributed by atoms with Crippen LogP contribution in [-0.4, -0.2) is 50.0 Å². The van der Waals surface area contributed by atoms with Crippen molar-refractivity contribution in [1.82, 2.24) is 9.78 Å². The molecule has 0 saturated carbocycles. The summed E-state index contributed by atoms with van der Waals surface area (Å²) in [7, 11) is 3.36. The molecule has 2 aliphatic heterocycles. The highest BCUT2D eigenvalue weighted by Crippen LogP contribution is 2.44. The van der Waals surface area contributed by atoms with Crippen LogP contribution in [-0.2, 0) is 20.6 Å². The molecule has 0 radical (unpaired) electrons. The van der Waals surface area contributed by atoms with E-state index in [0.29, 0.717) is 42.7 Å². The van der Waals surface area contributed by atoms with Crippen molar-refractivity contribution in [2.24, 2.45) is 5.92 Å². The summed E-state index contributed by atoms with van der Waals surface area (Å²) in [5.41, 5.74) is 6.38. The Morgan fingerprint density at radius 2 is 1.62 bits per heavy atom. The second-order valence-electron chi connectivity index (χ2n) is 13.0. The van der Waals surface area contributed by atoms with Crippen LogP contribution in [0.1, 0.15) is 79.0 Å². The van der Waals surface area contributed by atoms with Crippen molar-refractivity contribution >= 4 is 27.7 Å². The minimum absolute atomic E-state index is 0.203. The maximum Gasteiger partial charge on any atom is 0.240 e. The first-order chi connectivity index (χ1) is 22.9. The van der Waals surface area contributed by atoms with Gasteiger partial charge in [-0.1, -0.05) is 18.2 Å². The van der Waals surface area contributed by atoms with E-state index in [2.05, 4.69) is 34.3 Å². The third kappa shape index (κ3) is 5.98. The average Bonchev–Trinajstić information content (AvgIpc) is 3.32. The summed E-state index contributed by atoms with van der Waals surface area (Å²) in [6.45, 7) is 3.95. The van der Waals surface area contributed by atoms with E-state index in [-0.39, 0.29) is 23.6 Å². The third-order valence-electron chi connectivity index (χ3n) is 10.3. The van der Waals surface area contributed by atoms with E-state index < -0.39 is 17.6 Å². The van der Waals surface area contributed by atoms with Gasteiger partial charge in [0.2, 0.25) is 5.95 Å². The number of aromatic nitrogens is 2. The van der Waals surface area contributed by atoms with Crippen LogP contribution < -0.4 is 4.90 Å². The molecule has 3 aromatic carbocycles. The van der Waals surface area contributed by atoms with Crippen LogP contribution in [0.3, 0.4) is 0 Å². The smallest absolute Gasteiger partial charge is 0.240 e. The summed E-state index contributed by atoms with van der Waals surface area (Å²) in [5.74, 6) is -1.09. The fraction of sp³-hybridized carbons (Fsp3) is 0.447. The van der Waals surface area contributed by atoms with Crippen LogP contribution in [0.25, 0.3) is 22.0 Å². The quantitative estimate of drug-likeness (QED) is 0.189. The number of halogens is 3. The maximum absolute atomic E-state index is 15.8. The zero-order chi connectivity index (χ0) is 32.7. The summed E-state index contributed by atoms with van der Waals surface area (Å²) >= 11 is 0. The van der Waals surface area contributed by atoms with Gasteiger partial charge < -0.3 is 19.1 Å². The first kappa shape index (κ1) is 31.9. The SMILES string of the molecule is COC(OC)C1CCN(c2ccc(C3=C(c4cc(F)c(C)cc4F)CCCc4c3ccc3c4c(F)nn3C3CCCCO3)cc2)CC1. The highest BCUT2D eigenvalue weighted by molar-refractivity contribution is 6.03. The van der Waals surface area contributed by atoms with E-state index in [0.717, 1.165) is 78.7 Å². The second-order valence-corrected chi connectivity index (χ2v) is 13.0. The Balaban J connectivity index is 1.32. The number of rotatable bonds is 7. The van der Waals surface area contributed by atoms with Crippen LogP contribution in [0.15, 0.2) is 48.5 Å². The molecule has 1 aromatic heterocycles. The maximum atomic E-state index is 15.8. The number of aryl methyl sites for hydroxylation is 2. The van der Waals surface area contributed by atoms with E-state index in [1.807, 2.05) is 12.1 Å².